The standard InChI is InChI=1S/C16H13ClO3/c1-2-10-4-3-5-13(16(19)20)14(10)15(18)11-6-8-12(17)9-7-11/h3-9H,2H2,1H3,(H,19,20). The maximum absolute atomic E-state index is 12.6. The van der Waals surface area contributed by atoms with Crippen LogP contribution in [0.4, 0.5) is 0 Å². The number of benzene rings is 2. The summed E-state index contributed by atoms with van der Waals surface area (Å²) in [7, 11) is 0. The third-order valence-corrected chi connectivity index (χ3v) is 3.35. The molecule has 4 heteroatoms. The van der Waals surface area contributed by atoms with Crippen molar-refractivity contribution in [1.82, 2.24) is 0 Å². The number of rotatable bonds is 4. The molecule has 2 rings (SSSR count). The van der Waals surface area contributed by atoms with E-state index in [2.05, 4.69) is 0 Å². The quantitative estimate of drug-likeness (QED) is 0.870. The Morgan fingerprint density at radius 2 is 1.75 bits per heavy atom. The Balaban J connectivity index is 2.58. The van der Waals surface area contributed by atoms with E-state index in [9.17, 15) is 14.7 Å². The van der Waals surface area contributed by atoms with Crippen LogP contribution in [0, 0.1) is 0 Å². The van der Waals surface area contributed by atoms with Gasteiger partial charge in [-0.05, 0) is 42.3 Å². The summed E-state index contributed by atoms with van der Waals surface area (Å²) in [6, 6.07) is 11.3. The number of carbonyl (C=O) groups is 2. The molecule has 0 aromatic heterocycles. The SMILES string of the molecule is CCc1cccc(C(=O)O)c1C(=O)c1ccc(Cl)cc1. The first-order valence-electron chi connectivity index (χ1n) is 6.20. The number of aromatic carboxylic acids is 1. The Hall–Kier alpha value is -2.13. The predicted molar refractivity (Wildman–Crippen MR) is 77.7 cm³/mol. The average Bonchev–Trinajstić information content (AvgIpc) is 2.46. The van der Waals surface area contributed by atoms with Gasteiger partial charge in [0.15, 0.2) is 5.78 Å². The fraction of sp³-hybridized carbons (Fsp3) is 0.125. The van der Waals surface area contributed by atoms with Gasteiger partial charge in [0.2, 0.25) is 0 Å². The van der Waals surface area contributed by atoms with Gasteiger partial charge in [-0.2, -0.15) is 0 Å². The highest BCUT2D eigenvalue weighted by atomic mass is 35.5. The highest BCUT2D eigenvalue weighted by Gasteiger charge is 2.20. The molecule has 0 heterocycles. The molecule has 0 aliphatic rings. The minimum Gasteiger partial charge on any atom is -0.478 e. The molecule has 0 saturated carbocycles. The molecule has 0 saturated heterocycles. The normalized spacial score (nSPS) is 10.3. The zero-order chi connectivity index (χ0) is 14.7. The largest absolute Gasteiger partial charge is 0.478 e. The van der Waals surface area contributed by atoms with Crippen LogP contribution in [-0.2, 0) is 6.42 Å². The maximum Gasteiger partial charge on any atom is 0.336 e. The van der Waals surface area contributed by atoms with E-state index in [0.29, 0.717) is 17.0 Å². The average molecular weight is 289 g/mol. The molecule has 102 valence electrons. The van der Waals surface area contributed by atoms with Crippen molar-refractivity contribution in [3.05, 3.63) is 69.7 Å². The number of carboxylic acid groups (broad SMARTS) is 1. The molecular formula is C16H13ClO3. The highest BCUT2D eigenvalue weighted by molar-refractivity contribution is 6.30. The van der Waals surface area contributed by atoms with Crippen LogP contribution < -0.4 is 0 Å². The smallest absolute Gasteiger partial charge is 0.336 e. The summed E-state index contributed by atoms with van der Waals surface area (Å²) in [4.78, 5) is 23.9. The van der Waals surface area contributed by atoms with E-state index < -0.39 is 5.97 Å². The van der Waals surface area contributed by atoms with E-state index in [1.165, 1.54) is 6.07 Å². The lowest BCUT2D eigenvalue weighted by molar-refractivity contribution is 0.0692. The first kappa shape index (κ1) is 14.3. The molecule has 0 aliphatic carbocycles. The van der Waals surface area contributed by atoms with Crippen molar-refractivity contribution in [2.75, 3.05) is 0 Å². The molecule has 0 amide bonds. The first-order chi connectivity index (χ1) is 9.54. The molecule has 0 atom stereocenters. The molecule has 0 spiro atoms. The van der Waals surface area contributed by atoms with Gasteiger partial charge in [0.25, 0.3) is 0 Å². The second kappa shape index (κ2) is 5.88. The summed E-state index contributed by atoms with van der Waals surface area (Å²) in [6.45, 7) is 1.89. The molecule has 0 bridgehead atoms. The van der Waals surface area contributed by atoms with Crippen molar-refractivity contribution >= 4 is 23.4 Å². The van der Waals surface area contributed by atoms with E-state index >= 15 is 0 Å². The zero-order valence-corrected chi connectivity index (χ0v) is 11.6. The topological polar surface area (TPSA) is 54.4 Å². The van der Waals surface area contributed by atoms with E-state index in [0.717, 1.165) is 5.56 Å². The summed E-state index contributed by atoms with van der Waals surface area (Å²) < 4.78 is 0. The fourth-order valence-corrected chi connectivity index (χ4v) is 2.21. The number of halogens is 1. The summed E-state index contributed by atoms with van der Waals surface area (Å²) in [5.74, 6) is -1.39. The lowest BCUT2D eigenvalue weighted by atomic mass is 9.92. The van der Waals surface area contributed by atoms with Crippen LogP contribution in [0.15, 0.2) is 42.5 Å². The van der Waals surface area contributed by atoms with Crippen LogP contribution >= 0.6 is 11.6 Å². The number of carbonyl (C=O) groups excluding carboxylic acids is 1. The molecule has 3 nitrogen and oxygen atoms in total. The van der Waals surface area contributed by atoms with Crippen molar-refractivity contribution in [1.29, 1.82) is 0 Å². The van der Waals surface area contributed by atoms with Crippen molar-refractivity contribution in [2.45, 2.75) is 13.3 Å². The predicted octanol–water partition coefficient (Wildman–Crippen LogP) is 3.83. The number of ketones is 1. The summed E-state index contributed by atoms with van der Waals surface area (Å²) in [5, 5.41) is 9.78. The van der Waals surface area contributed by atoms with Gasteiger partial charge in [-0.1, -0.05) is 30.7 Å². The second-order valence-electron chi connectivity index (χ2n) is 4.33. The van der Waals surface area contributed by atoms with Crippen molar-refractivity contribution in [2.24, 2.45) is 0 Å². The van der Waals surface area contributed by atoms with Gasteiger partial charge >= 0.3 is 5.97 Å². The number of hydrogen-bond acceptors (Lipinski definition) is 2. The zero-order valence-electron chi connectivity index (χ0n) is 10.9. The Morgan fingerprint density at radius 3 is 2.30 bits per heavy atom. The van der Waals surface area contributed by atoms with Gasteiger partial charge in [-0.15, -0.1) is 0 Å². The Labute approximate surface area is 121 Å². The fourth-order valence-electron chi connectivity index (χ4n) is 2.09. The third kappa shape index (κ3) is 2.73. The minimum atomic E-state index is -1.10. The molecule has 2 aromatic rings. The third-order valence-electron chi connectivity index (χ3n) is 3.10. The Bertz CT molecular complexity index is 660. The summed E-state index contributed by atoms with van der Waals surface area (Å²) in [5.41, 5.74) is 1.44. The number of carboxylic acids is 1. The summed E-state index contributed by atoms with van der Waals surface area (Å²) in [6.07, 6.45) is 0.593. The molecule has 0 fully saturated rings. The van der Waals surface area contributed by atoms with Crippen LogP contribution in [-0.4, -0.2) is 16.9 Å². The van der Waals surface area contributed by atoms with Gasteiger partial charge in [0.1, 0.15) is 0 Å². The van der Waals surface area contributed by atoms with Crippen molar-refractivity contribution in [3.63, 3.8) is 0 Å². The van der Waals surface area contributed by atoms with Gasteiger partial charge in [-0.3, -0.25) is 4.79 Å². The monoisotopic (exact) mass is 288 g/mol. The second-order valence-corrected chi connectivity index (χ2v) is 4.77. The van der Waals surface area contributed by atoms with Crippen LogP contribution in [0.5, 0.6) is 0 Å². The number of hydrogen-bond donors (Lipinski definition) is 1. The lowest BCUT2D eigenvalue weighted by Gasteiger charge is -2.10. The molecule has 0 aliphatic heterocycles. The van der Waals surface area contributed by atoms with Crippen molar-refractivity contribution in [3.8, 4) is 0 Å². The molecular weight excluding hydrogens is 276 g/mol. The molecule has 0 radical (unpaired) electrons. The van der Waals surface area contributed by atoms with Gasteiger partial charge in [0, 0.05) is 16.1 Å². The molecule has 2 aromatic carbocycles. The Kier molecular flexibility index (Phi) is 4.20. The number of aryl methyl sites for hydroxylation is 1. The van der Waals surface area contributed by atoms with Crippen molar-refractivity contribution < 1.29 is 14.7 Å². The van der Waals surface area contributed by atoms with Gasteiger partial charge in [-0.25, -0.2) is 4.79 Å². The molecule has 0 unspecified atom stereocenters. The highest BCUT2D eigenvalue weighted by Crippen LogP contribution is 2.21. The molecule has 1 N–H and O–H groups in total. The summed E-state index contributed by atoms with van der Waals surface area (Å²) >= 11 is 5.80. The van der Waals surface area contributed by atoms with E-state index in [4.69, 9.17) is 11.6 Å². The van der Waals surface area contributed by atoms with Gasteiger partial charge in [0.05, 0.1) is 5.56 Å². The van der Waals surface area contributed by atoms with E-state index in [-0.39, 0.29) is 16.9 Å². The first-order valence-corrected chi connectivity index (χ1v) is 6.57. The van der Waals surface area contributed by atoms with E-state index in [1.54, 1.807) is 36.4 Å². The molecule has 20 heavy (non-hydrogen) atoms. The lowest BCUT2D eigenvalue weighted by Crippen LogP contribution is -2.12. The van der Waals surface area contributed by atoms with Gasteiger partial charge < -0.3 is 5.11 Å². The minimum absolute atomic E-state index is 0.0318. The maximum atomic E-state index is 12.6. The van der Waals surface area contributed by atoms with Crippen LogP contribution in [0.1, 0.15) is 38.8 Å². The van der Waals surface area contributed by atoms with Crippen LogP contribution in [0.2, 0.25) is 5.02 Å². The van der Waals surface area contributed by atoms with E-state index in [1.807, 2.05) is 6.92 Å². The Morgan fingerprint density at radius 1 is 1.10 bits per heavy atom. The van der Waals surface area contributed by atoms with Crippen LogP contribution in [0.3, 0.4) is 0 Å². The van der Waals surface area contributed by atoms with Crippen LogP contribution in [0.25, 0.3) is 0 Å².